The van der Waals surface area contributed by atoms with Gasteiger partial charge in [0.1, 0.15) is 6.54 Å². The Morgan fingerprint density at radius 1 is 1.18 bits per heavy atom. The van der Waals surface area contributed by atoms with Gasteiger partial charge in [0, 0.05) is 31.3 Å². The molecule has 10 nitrogen and oxygen atoms in total. The first-order chi connectivity index (χ1) is 13.3. The van der Waals surface area contributed by atoms with Gasteiger partial charge in [0.15, 0.2) is 6.10 Å². The van der Waals surface area contributed by atoms with Crippen molar-refractivity contribution in [1.82, 2.24) is 16.0 Å². The van der Waals surface area contributed by atoms with Crippen LogP contribution in [-0.4, -0.2) is 56.0 Å². The van der Waals surface area contributed by atoms with Crippen molar-refractivity contribution >= 4 is 35.4 Å². The van der Waals surface area contributed by atoms with E-state index in [1.807, 2.05) is 5.32 Å². The summed E-state index contributed by atoms with van der Waals surface area (Å²) in [6, 6.07) is 5.73. The van der Waals surface area contributed by atoms with Gasteiger partial charge in [0.05, 0.1) is 0 Å². The molecule has 1 saturated heterocycles. The molecule has 1 heterocycles. The molecule has 0 unspecified atom stereocenters. The maximum Gasteiger partial charge on any atom is 0.326 e. The molecule has 1 aromatic rings. The monoisotopic (exact) mass is 390 g/mol. The van der Waals surface area contributed by atoms with Crippen LogP contribution in [0.2, 0.25) is 0 Å². The van der Waals surface area contributed by atoms with E-state index in [0.717, 1.165) is 12.1 Å². The Kier molecular flexibility index (Phi) is 7.08. The fourth-order valence-electron chi connectivity index (χ4n) is 2.54. The average molecular weight is 390 g/mol. The number of esters is 1. The predicted molar refractivity (Wildman–Crippen MR) is 98.5 cm³/mol. The average Bonchev–Trinajstić information content (AvgIpc) is 3.11. The van der Waals surface area contributed by atoms with Crippen LogP contribution < -0.4 is 20.9 Å². The standard InChI is InChI=1S/C18H22N4O6/c1-11(16(25)21-18(27)19-2)28-15(24)10-20-17(26)12-5-7-13(8-6-12)22-9-3-4-14(22)23/h5-8,11H,3-4,9-10H2,1-2H3,(H,20,26)(H2,19,21,25,27)/t11-/m0/s1. The first-order valence-corrected chi connectivity index (χ1v) is 8.72. The van der Waals surface area contributed by atoms with Gasteiger partial charge in [-0.1, -0.05) is 0 Å². The minimum Gasteiger partial charge on any atom is -0.451 e. The predicted octanol–water partition coefficient (Wildman–Crippen LogP) is -0.0695. The molecule has 1 aromatic carbocycles. The van der Waals surface area contributed by atoms with Crippen LogP contribution in [0.4, 0.5) is 10.5 Å². The summed E-state index contributed by atoms with van der Waals surface area (Å²) in [6.07, 6.45) is 0.131. The number of nitrogens with zero attached hydrogens (tertiary/aromatic N) is 1. The lowest BCUT2D eigenvalue weighted by Gasteiger charge is -2.16. The van der Waals surface area contributed by atoms with Crippen molar-refractivity contribution in [3.8, 4) is 0 Å². The summed E-state index contributed by atoms with van der Waals surface area (Å²) >= 11 is 0. The highest BCUT2D eigenvalue weighted by molar-refractivity contribution is 5.99. The number of carbonyl (C=O) groups is 5. The summed E-state index contributed by atoms with van der Waals surface area (Å²) < 4.78 is 4.85. The molecule has 150 valence electrons. The number of benzene rings is 1. The lowest BCUT2D eigenvalue weighted by Crippen LogP contribution is -2.44. The highest BCUT2D eigenvalue weighted by Crippen LogP contribution is 2.21. The zero-order valence-corrected chi connectivity index (χ0v) is 15.6. The fraction of sp³-hybridized carbons (Fsp3) is 0.389. The molecular weight excluding hydrogens is 368 g/mol. The van der Waals surface area contributed by atoms with E-state index in [1.54, 1.807) is 29.2 Å². The van der Waals surface area contributed by atoms with Crippen molar-refractivity contribution in [2.45, 2.75) is 25.9 Å². The van der Waals surface area contributed by atoms with Crippen LogP contribution in [-0.2, 0) is 19.1 Å². The second kappa shape index (κ2) is 9.49. The Hall–Kier alpha value is -3.43. The Labute approximate surface area is 161 Å². The van der Waals surface area contributed by atoms with E-state index in [-0.39, 0.29) is 5.91 Å². The molecule has 0 aromatic heterocycles. The van der Waals surface area contributed by atoms with Crippen LogP contribution in [0.15, 0.2) is 24.3 Å². The summed E-state index contributed by atoms with van der Waals surface area (Å²) in [4.78, 5) is 59.9. The number of imide groups is 1. The van der Waals surface area contributed by atoms with E-state index in [9.17, 15) is 24.0 Å². The van der Waals surface area contributed by atoms with Crippen LogP contribution in [0.25, 0.3) is 0 Å². The van der Waals surface area contributed by atoms with Gasteiger partial charge < -0.3 is 20.3 Å². The normalized spacial score (nSPS) is 14.2. The second-order valence-corrected chi connectivity index (χ2v) is 6.08. The number of urea groups is 1. The van der Waals surface area contributed by atoms with Gasteiger partial charge in [-0.15, -0.1) is 0 Å². The first kappa shape index (κ1) is 20.9. The second-order valence-electron chi connectivity index (χ2n) is 6.08. The number of anilines is 1. The molecular formula is C18H22N4O6. The van der Waals surface area contributed by atoms with Gasteiger partial charge in [-0.3, -0.25) is 24.5 Å². The molecule has 1 aliphatic heterocycles. The topological polar surface area (TPSA) is 134 Å². The molecule has 10 heteroatoms. The van der Waals surface area contributed by atoms with Gasteiger partial charge in [-0.2, -0.15) is 0 Å². The molecule has 28 heavy (non-hydrogen) atoms. The van der Waals surface area contributed by atoms with Crippen LogP contribution in [0.5, 0.6) is 0 Å². The van der Waals surface area contributed by atoms with E-state index in [4.69, 9.17) is 4.74 Å². The maximum absolute atomic E-state index is 12.1. The number of nitrogens with one attached hydrogen (secondary N) is 3. The van der Waals surface area contributed by atoms with E-state index in [1.165, 1.54) is 14.0 Å². The minimum atomic E-state index is -1.20. The van der Waals surface area contributed by atoms with E-state index in [0.29, 0.717) is 18.5 Å². The Morgan fingerprint density at radius 3 is 2.43 bits per heavy atom. The molecule has 1 aliphatic rings. The molecule has 0 saturated carbocycles. The van der Waals surface area contributed by atoms with Crippen molar-refractivity contribution in [1.29, 1.82) is 0 Å². The van der Waals surface area contributed by atoms with E-state index in [2.05, 4.69) is 10.6 Å². The third-order valence-corrected chi connectivity index (χ3v) is 4.05. The fourth-order valence-corrected chi connectivity index (χ4v) is 2.54. The quantitative estimate of drug-likeness (QED) is 0.582. The molecule has 0 radical (unpaired) electrons. The smallest absolute Gasteiger partial charge is 0.326 e. The molecule has 2 rings (SSSR count). The van der Waals surface area contributed by atoms with Gasteiger partial charge in [0.25, 0.3) is 11.8 Å². The Balaban J connectivity index is 1.81. The number of amides is 5. The molecule has 3 N–H and O–H groups in total. The first-order valence-electron chi connectivity index (χ1n) is 8.72. The molecule has 1 atom stereocenters. The Bertz CT molecular complexity index is 777. The van der Waals surface area contributed by atoms with E-state index < -0.39 is 36.5 Å². The number of ether oxygens (including phenoxy) is 1. The number of hydrogen-bond acceptors (Lipinski definition) is 6. The third-order valence-electron chi connectivity index (χ3n) is 4.05. The van der Waals surface area contributed by atoms with Crippen molar-refractivity contribution in [2.24, 2.45) is 0 Å². The lowest BCUT2D eigenvalue weighted by molar-refractivity contribution is -0.153. The minimum absolute atomic E-state index is 0.0505. The highest BCUT2D eigenvalue weighted by Gasteiger charge is 2.22. The van der Waals surface area contributed by atoms with Gasteiger partial charge in [0.2, 0.25) is 5.91 Å². The lowest BCUT2D eigenvalue weighted by atomic mass is 10.2. The van der Waals surface area contributed by atoms with Crippen molar-refractivity contribution in [2.75, 3.05) is 25.0 Å². The molecule has 5 amide bonds. The molecule has 0 spiro atoms. The van der Waals surface area contributed by atoms with Crippen LogP contribution in [0.1, 0.15) is 30.1 Å². The van der Waals surface area contributed by atoms with Crippen LogP contribution >= 0.6 is 0 Å². The summed E-state index contributed by atoms with van der Waals surface area (Å²) in [6.45, 7) is 1.51. The molecule has 1 fully saturated rings. The largest absolute Gasteiger partial charge is 0.451 e. The third kappa shape index (κ3) is 5.53. The zero-order valence-electron chi connectivity index (χ0n) is 15.6. The van der Waals surface area contributed by atoms with Gasteiger partial charge in [-0.25, -0.2) is 4.79 Å². The van der Waals surface area contributed by atoms with Crippen molar-refractivity contribution in [3.63, 3.8) is 0 Å². The number of rotatable bonds is 6. The summed E-state index contributed by atoms with van der Waals surface area (Å²) in [5, 5.41) is 6.56. The number of hydrogen-bond donors (Lipinski definition) is 3. The Morgan fingerprint density at radius 2 is 1.86 bits per heavy atom. The van der Waals surface area contributed by atoms with Crippen LogP contribution in [0.3, 0.4) is 0 Å². The number of carbonyl (C=O) groups excluding carboxylic acids is 5. The molecule has 0 aliphatic carbocycles. The maximum atomic E-state index is 12.1. The summed E-state index contributed by atoms with van der Waals surface area (Å²) in [5.74, 6) is -2.06. The molecule has 0 bridgehead atoms. The van der Waals surface area contributed by atoms with E-state index >= 15 is 0 Å². The summed E-state index contributed by atoms with van der Waals surface area (Å²) in [5.41, 5.74) is 1.03. The van der Waals surface area contributed by atoms with Crippen molar-refractivity contribution < 1.29 is 28.7 Å². The summed E-state index contributed by atoms with van der Waals surface area (Å²) in [7, 11) is 1.34. The van der Waals surface area contributed by atoms with Gasteiger partial charge >= 0.3 is 12.0 Å². The van der Waals surface area contributed by atoms with Crippen molar-refractivity contribution in [3.05, 3.63) is 29.8 Å². The van der Waals surface area contributed by atoms with Gasteiger partial charge in [-0.05, 0) is 37.6 Å². The SMILES string of the molecule is CNC(=O)NC(=O)[C@H](C)OC(=O)CNC(=O)c1ccc(N2CCCC2=O)cc1. The zero-order chi connectivity index (χ0) is 20.7. The highest BCUT2D eigenvalue weighted by atomic mass is 16.5. The van der Waals surface area contributed by atoms with Crippen LogP contribution in [0, 0.1) is 0 Å².